The summed E-state index contributed by atoms with van der Waals surface area (Å²) >= 11 is 1.36. The molecule has 2 aromatic carbocycles. The first-order chi connectivity index (χ1) is 18.0. The number of nitrogens with one attached hydrogen (secondary N) is 2. The third-order valence-corrected chi connectivity index (χ3v) is 7.08. The Balaban J connectivity index is 1.38. The number of carbonyl (C=O) groups is 3. The molecule has 9 heteroatoms. The van der Waals surface area contributed by atoms with Crippen LogP contribution in [0.4, 0.5) is 10.5 Å². The monoisotopic (exact) mass is 515 g/mol. The molecule has 8 nitrogen and oxygen atoms in total. The van der Waals surface area contributed by atoms with Crippen molar-refractivity contribution in [3.05, 3.63) is 112 Å². The number of benzene rings is 2. The minimum atomic E-state index is -0.895. The van der Waals surface area contributed by atoms with Crippen molar-refractivity contribution in [2.75, 3.05) is 5.32 Å². The fourth-order valence-electron chi connectivity index (χ4n) is 4.23. The topological polar surface area (TPSA) is 101 Å². The van der Waals surface area contributed by atoms with Crippen molar-refractivity contribution >= 4 is 34.9 Å². The van der Waals surface area contributed by atoms with E-state index in [4.69, 9.17) is 9.15 Å². The Morgan fingerprint density at radius 1 is 1.00 bits per heavy atom. The average Bonchev–Trinajstić information content (AvgIpc) is 3.67. The first-order valence-corrected chi connectivity index (χ1v) is 12.6. The summed E-state index contributed by atoms with van der Waals surface area (Å²) in [4.78, 5) is 40.9. The van der Waals surface area contributed by atoms with Crippen LogP contribution in [0.15, 0.2) is 88.9 Å². The van der Waals surface area contributed by atoms with Crippen molar-refractivity contribution in [2.24, 2.45) is 0 Å². The van der Waals surface area contributed by atoms with E-state index >= 15 is 0 Å². The summed E-state index contributed by atoms with van der Waals surface area (Å²) in [7, 11) is 0. The number of ether oxygens (including phenoxy) is 1. The van der Waals surface area contributed by atoms with E-state index in [1.54, 1.807) is 42.5 Å². The standard InChI is InChI=1S/C28H25N3O5S/c1-18-6-2-3-7-20(18)17-31-24(27(33)29-16-22-8-4-14-35-22)25(36-28(31)34)19-10-12-21(13-11-19)30-26(32)23-9-5-15-37-23/h2-15,24-25H,16-17H2,1H3,(H,29,33)(H,30,32)/t24-,25-/m1/s1. The highest BCUT2D eigenvalue weighted by molar-refractivity contribution is 7.12. The molecule has 3 heterocycles. The molecule has 1 aliphatic heterocycles. The quantitative estimate of drug-likeness (QED) is 0.333. The highest BCUT2D eigenvalue weighted by atomic mass is 32.1. The number of cyclic esters (lactones) is 1. The smallest absolute Gasteiger partial charge is 0.411 e. The van der Waals surface area contributed by atoms with E-state index in [-0.39, 0.29) is 24.9 Å². The molecule has 0 unspecified atom stereocenters. The first-order valence-electron chi connectivity index (χ1n) is 11.8. The minimum absolute atomic E-state index is 0.190. The number of aryl methyl sites for hydroxylation is 1. The molecular weight excluding hydrogens is 490 g/mol. The normalized spacial score (nSPS) is 16.9. The van der Waals surface area contributed by atoms with Crippen LogP contribution in [0, 0.1) is 6.92 Å². The molecule has 2 N–H and O–H groups in total. The maximum atomic E-state index is 13.4. The summed E-state index contributed by atoms with van der Waals surface area (Å²) < 4.78 is 11.1. The Labute approximate surface area is 217 Å². The van der Waals surface area contributed by atoms with E-state index in [0.29, 0.717) is 21.9 Å². The van der Waals surface area contributed by atoms with Crippen LogP contribution < -0.4 is 10.6 Å². The van der Waals surface area contributed by atoms with E-state index in [1.165, 1.54) is 22.5 Å². The van der Waals surface area contributed by atoms with Gasteiger partial charge in [-0.15, -0.1) is 11.3 Å². The maximum Gasteiger partial charge on any atom is 0.411 e. The lowest BCUT2D eigenvalue weighted by Gasteiger charge is -2.24. The first kappa shape index (κ1) is 24.3. The van der Waals surface area contributed by atoms with Crippen LogP contribution in [-0.2, 0) is 22.6 Å². The van der Waals surface area contributed by atoms with E-state index in [9.17, 15) is 14.4 Å². The minimum Gasteiger partial charge on any atom is -0.467 e. The Hall–Kier alpha value is -4.37. The van der Waals surface area contributed by atoms with Crippen LogP contribution in [0.5, 0.6) is 0 Å². The van der Waals surface area contributed by atoms with Gasteiger partial charge in [0.05, 0.1) is 24.2 Å². The number of carbonyl (C=O) groups excluding carboxylic acids is 3. The Kier molecular flexibility index (Phi) is 7.04. The van der Waals surface area contributed by atoms with Crippen LogP contribution in [0.25, 0.3) is 0 Å². The second kappa shape index (κ2) is 10.7. The van der Waals surface area contributed by atoms with E-state index < -0.39 is 18.2 Å². The highest BCUT2D eigenvalue weighted by Crippen LogP contribution is 2.35. The zero-order chi connectivity index (χ0) is 25.8. The average molecular weight is 516 g/mol. The van der Waals surface area contributed by atoms with Crippen molar-refractivity contribution < 1.29 is 23.5 Å². The number of nitrogens with zero attached hydrogens (tertiary/aromatic N) is 1. The molecule has 1 aliphatic rings. The molecule has 1 fully saturated rings. The number of amides is 3. The lowest BCUT2D eigenvalue weighted by molar-refractivity contribution is -0.126. The van der Waals surface area contributed by atoms with Gasteiger partial charge in [-0.25, -0.2) is 4.79 Å². The van der Waals surface area contributed by atoms with Gasteiger partial charge in [-0.2, -0.15) is 0 Å². The number of hydrogen-bond acceptors (Lipinski definition) is 6. The fourth-order valence-corrected chi connectivity index (χ4v) is 4.85. The van der Waals surface area contributed by atoms with Crippen LogP contribution in [0.1, 0.15) is 38.2 Å². The van der Waals surface area contributed by atoms with Crippen molar-refractivity contribution in [1.82, 2.24) is 10.2 Å². The second-order valence-corrected chi connectivity index (χ2v) is 9.60. The summed E-state index contributed by atoms with van der Waals surface area (Å²) in [5.74, 6) is 0.0528. The molecule has 0 saturated carbocycles. The number of thiophene rings is 1. The van der Waals surface area contributed by atoms with Gasteiger partial charge in [-0.05, 0) is 59.3 Å². The molecule has 188 valence electrons. The third-order valence-electron chi connectivity index (χ3n) is 6.21. The van der Waals surface area contributed by atoms with Gasteiger partial charge in [-0.1, -0.05) is 42.5 Å². The van der Waals surface area contributed by atoms with Crippen molar-refractivity contribution in [2.45, 2.75) is 32.2 Å². The van der Waals surface area contributed by atoms with Gasteiger partial charge in [0.2, 0.25) is 5.91 Å². The van der Waals surface area contributed by atoms with Crippen LogP contribution in [-0.4, -0.2) is 28.8 Å². The number of rotatable bonds is 8. The second-order valence-electron chi connectivity index (χ2n) is 8.65. The molecule has 0 spiro atoms. The van der Waals surface area contributed by atoms with Gasteiger partial charge in [0, 0.05) is 5.69 Å². The maximum absolute atomic E-state index is 13.4. The summed E-state index contributed by atoms with van der Waals surface area (Å²) in [6.45, 7) is 2.38. The molecule has 37 heavy (non-hydrogen) atoms. The van der Waals surface area contributed by atoms with Crippen LogP contribution in [0.2, 0.25) is 0 Å². The Morgan fingerprint density at radius 2 is 1.81 bits per heavy atom. The molecule has 0 aliphatic carbocycles. The summed E-state index contributed by atoms with van der Waals surface area (Å²) in [5.41, 5.74) is 3.19. The fraction of sp³-hybridized carbons (Fsp3) is 0.179. The lowest BCUT2D eigenvalue weighted by Crippen LogP contribution is -2.46. The lowest BCUT2D eigenvalue weighted by atomic mass is 9.99. The Bertz CT molecular complexity index is 1380. The van der Waals surface area contributed by atoms with Gasteiger partial charge < -0.3 is 19.8 Å². The van der Waals surface area contributed by atoms with Crippen molar-refractivity contribution in [1.29, 1.82) is 0 Å². The molecule has 1 saturated heterocycles. The molecular formula is C28H25N3O5S. The van der Waals surface area contributed by atoms with Gasteiger partial charge >= 0.3 is 6.09 Å². The van der Waals surface area contributed by atoms with E-state index in [0.717, 1.165) is 11.1 Å². The molecule has 3 amide bonds. The number of anilines is 1. The third kappa shape index (κ3) is 5.41. The summed E-state index contributed by atoms with van der Waals surface area (Å²) in [6.07, 6.45) is 0.145. The predicted molar refractivity (Wildman–Crippen MR) is 139 cm³/mol. The van der Waals surface area contributed by atoms with E-state index in [1.807, 2.05) is 42.6 Å². The SMILES string of the molecule is Cc1ccccc1CN1C(=O)O[C@H](c2ccc(NC(=O)c3cccs3)cc2)[C@@H]1C(=O)NCc1ccco1. The van der Waals surface area contributed by atoms with Crippen molar-refractivity contribution in [3.63, 3.8) is 0 Å². The van der Waals surface area contributed by atoms with E-state index in [2.05, 4.69) is 10.6 Å². The van der Waals surface area contributed by atoms with Gasteiger partial charge in [0.25, 0.3) is 5.91 Å². The van der Waals surface area contributed by atoms with Gasteiger partial charge in [-0.3, -0.25) is 14.5 Å². The van der Waals surface area contributed by atoms with Gasteiger partial charge in [0.1, 0.15) is 5.76 Å². The molecule has 5 rings (SSSR count). The van der Waals surface area contributed by atoms with Crippen LogP contribution in [0.3, 0.4) is 0 Å². The molecule has 4 aromatic rings. The van der Waals surface area contributed by atoms with Gasteiger partial charge in [0.15, 0.2) is 12.1 Å². The largest absolute Gasteiger partial charge is 0.467 e. The zero-order valence-corrected chi connectivity index (χ0v) is 20.9. The number of hydrogen-bond donors (Lipinski definition) is 2. The zero-order valence-electron chi connectivity index (χ0n) is 20.0. The van der Waals surface area contributed by atoms with Crippen LogP contribution >= 0.6 is 11.3 Å². The number of furan rings is 1. The molecule has 0 bridgehead atoms. The molecule has 0 radical (unpaired) electrons. The molecule has 2 aromatic heterocycles. The summed E-state index contributed by atoms with van der Waals surface area (Å²) in [5, 5.41) is 7.56. The van der Waals surface area contributed by atoms with Crippen molar-refractivity contribution in [3.8, 4) is 0 Å². The molecule has 2 atom stereocenters. The Morgan fingerprint density at radius 3 is 2.51 bits per heavy atom. The highest BCUT2D eigenvalue weighted by Gasteiger charge is 2.47. The predicted octanol–water partition coefficient (Wildman–Crippen LogP) is 5.28. The summed E-state index contributed by atoms with van der Waals surface area (Å²) in [6, 6.07) is 20.9.